The average molecular weight is 201 g/mol. The van der Waals surface area contributed by atoms with E-state index in [1.165, 1.54) is 0 Å². The summed E-state index contributed by atoms with van der Waals surface area (Å²) in [6.45, 7) is 14.0. The highest BCUT2D eigenvalue weighted by atomic mass is 16.7. The SMILES string of the molecule is [CH2]C(OCCC(C)C)OCCC(C)C. The van der Waals surface area contributed by atoms with E-state index in [4.69, 9.17) is 9.47 Å². The third-order valence-electron chi connectivity index (χ3n) is 2.00. The molecule has 0 rings (SSSR count). The third-order valence-corrected chi connectivity index (χ3v) is 2.00. The van der Waals surface area contributed by atoms with Gasteiger partial charge >= 0.3 is 0 Å². The molecular weight excluding hydrogens is 176 g/mol. The van der Waals surface area contributed by atoms with Gasteiger partial charge in [0, 0.05) is 20.1 Å². The van der Waals surface area contributed by atoms with Crippen molar-refractivity contribution < 1.29 is 9.47 Å². The minimum absolute atomic E-state index is 0.299. The maximum atomic E-state index is 5.40. The summed E-state index contributed by atoms with van der Waals surface area (Å²) in [5.41, 5.74) is 0. The van der Waals surface area contributed by atoms with Crippen molar-refractivity contribution in [2.24, 2.45) is 11.8 Å². The van der Waals surface area contributed by atoms with Gasteiger partial charge in [0.15, 0.2) is 6.29 Å². The molecule has 0 aromatic heterocycles. The van der Waals surface area contributed by atoms with Gasteiger partial charge in [-0.05, 0) is 24.7 Å². The first-order chi connectivity index (χ1) is 6.52. The monoisotopic (exact) mass is 201 g/mol. The van der Waals surface area contributed by atoms with Crippen LogP contribution in [0, 0.1) is 18.8 Å². The van der Waals surface area contributed by atoms with Crippen LogP contribution in [0.1, 0.15) is 40.5 Å². The van der Waals surface area contributed by atoms with Crippen molar-refractivity contribution in [1.82, 2.24) is 0 Å². The molecule has 2 nitrogen and oxygen atoms in total. The van der Waals surface area contributed by atoms with Gasteiger partial charge in [0.05, 0.1) is 0 Å². The summed E-state index contributed by atoms with van der Waals surface area (Å²) in [4.78, 5) is 0. The Labute approximate surface area is 89.0 Å². The molecule has 0 fully saturated rings. The van der Waals surface area contributed by atoms with Crippen LogP contribution in [0.15, 0.2) is 0 Å². The second-order valence-electron chi connectivity index (χ2n) is 4.54. The van der Waals surface area contributed by atoms with E-state index in [1.807, 2.05) is 0 Å². The van der Waals surface area contributed by atoms with Gasteiger partial charge in [0.2, 0.25) is 0 Å². The fraction of sp³-hybridized carbons (Fsp3) is 0.917. The second kappa shape index (κ2) is 8.25. The van der Waals surface area contributed by atoms with E-state index >= 15 is 0 Å². The molecule has 0 aromatic rings. The molecule has 0 aliphatic rings. The van der Waals surface area contributed by atoms with Gasteiger partial charge in [0.1, 0.15) is 0 Å². The van der Waals surface area contributed by atoms with Crippen molar-refractivity contribution in [2.75, 3.05) is 13.2 Å². The van der Waals surface area contributed by atoms with Crippen LogP contribution in [0.3, 0.4) is 0 Å². The summed E-state index contributed by atoms with van der Waals surface area (Å²) in [6, 6.07) is 0. The van der Waals surface area contributed by atoms with Crippen LogP contribution in [0.25, 0.3) is 0 Å². The highest BCUT2D eigenvalue weighted by molar-refractivity contribution is 4.50. The standard InChI is InChI=1S/C12H25O2/c1-10(2)6-8-13-12(5)14-9-7-11(3)4/h10-12H,5-9H2,1-4H3. The molecule has 0 bridgehead atoms. The maximum absolute atomic E-state index is 5.40. The molecule has 0 saturated heterocycles. The molecule has 0 aliphatic carbocycles. The summed E-state index contributed by atoms with van der Waals surface area (Å²) in [6.07, 6.45) is 1.84. The van der Waals surface area contributed by atoms with Crippen LogP contribution in [-0.2, 0) is 9.47 Å². The van der Waals surface area contributed by atoms with Crippen molar-refractivity contribution in [3.63, 3.8) is 0 Å². The third kappa shape index (κ3) is 10.0. The van der Waals surface area contributed by atoms with Gasteiger partial charge in [-0.25, -0.2) is 0 Å². The molecule has 0 unspecified atom stereocenters. The Kier molecular flexibility index (Phi) is 8.20. The predicted octanol–water partition coefficient (Wildman–Crippen LogP) is 3.27. The largest absolute Gasteiger partial charge is 0.353 e. The topological polar surface area (TPSA) is 18.5 Å². The van der Waals surface area contributed by atoms with Gasteiger partial charge in [-0.1, -0.05) is 27.7 Å². The molecule has 0 heterocycles. The molecule has 1 radical (unpaired) electrons. The second-order valence-corrected chi connectivity index (χ2v) is 4.54. The fourth-order valence-electron chi connectivity index (χ4n) is 0.918. The quantitative estimate of drug-likeness (QED) is 0.561. The minimum Gasteiger partial charge on any atom is -0.353 e. The van der Waals surface area contributed by atoms with E-state index in [1.54, 1.807) is 0 Å². The number of hydrogen-bond donors (Lipinski definition) is 0. The molecule has 0 aromatic carbocycles. The Bertz CT molecular complexity index is 107. The van der Waals surface area contributed by atoms with Gasteiger partial charge in [-0.2, -0.15) is 0 Å². The lowest BCUT2D eigenvalue weighted by atomic mass is 10.1. The first-order valence-electron chi connectivity index (χ1n) is 5.58. The Hall–Kier alpha value is -0.0800. The Morgan fingerprint density at radius 3 is 1.50 bits per heavy atom. The Balaban J connectivity index is 3.23. The zero-order chi connectivity index (χ0) is 11.0. The van der Waals surface area contributed by atoms with Crippen molar-refractivity contribution in [1.29, 1.82) is 0 Å². The van der Waals surface area contributed by atoms with Gasteiger partial charge in [-0.15, -0.1) is 0 Å². The van der Waals surface area contributed by atoms with E-state index in [9.17, 15) is 0 Å². The van der Waals surface area contributed by atoms with Crippen molar-refractivity contribution in [2.45, 2.75) is 46.8 Å². The summed E-state index contributed by atoms with van der Waals surface area (Å²) in [7, 11) is 0. The molecular formula is C12H25O2. The van der Waals surface area contributed by atoms with Crippen LogP contribution >= 0.6 is 0 Å². The van der Waals surface area contributed by atoms with Crippen LogP contribution in [0.2, 0.25) is 0 Å². The number of hydrogen-bond acceptors (Lipinski definition) is 2. The molecule has 0 atom stereocenters. The summed E-state index contributed by atoms with van der Waals surface area (Å²) in [5.74, 6) is 1.36. The number of rotatable bonds is 8. The smallest absolute Gasteiger partial charge is 0.157 e. The molecule has 14 heavy (non-hydrogen) atoms. The fourth-order valence-corrected chi connectivity index (χ4v) is 0.918. The van der Waals surface area contributed by atoms with Crippen LogP contribution in [-0.4, -0.2) is 19.5 Å². The molecule has 85 valence electrons. The van der Waals surface area contributed by atoms with E-state index < -0.39 is 0 Å². The molecule has 0 amide bonds. The van der Waals surface area contributed by atoms with Crippen LogP contribution < -0.4 is 0 Å². The van der Waals surface area contributed by atoms with E-state index in [0.717, 1.165) is 26.1 Å². The lowest BCUT2D eigenvalue weighted by Gasteiger charge is -2.15. The maximum Gasteiger partial charge on any atom is 0.157 e. The first kappa shape index (κ1) is 13.9. The Morgan fingerprint density at radius 2 is 1.21 bits per heavy atom. The highest BCUT2D eigenvalue weighted by Gasteiger charge is 2.03. The van der Waals surface area contributed by atoms with E-state index in [2.05, 4.69) is 34.6 Å². The summed E-state index contributed by atoms with van der Waals surface area (Å²) < 4.78 is 10.8. The number of ether oxygens (including phenoxy) is 2. The van der Waals surface area contributed by atoms with Crippen molar-refractivity contribution >= 4 is 0 Å². The van der Waals surface area contributed by atoms with Crippen molar-refractivity contribution in [3.05, 3.63) is 6.92 Å². The lowest BCUT2D eigenvalue weighted by Crippen LogP contribution is -2.16. The molecule has 2 heteroatoms. The van der Waals surface area contributed by atoms with Crippen LogP contribution in [0.4, 0.5) is 0 Å². The zero-order valence-electron chi connectivity index (χ0n) is 10.1. The molecule has 0 spiro atoms. The zero-order valence-corrected chi connectivity index (χ0v) is 10.1. The molecule has 0 N–H and O–H groups in total. The van der Waals surface area contributed by atoms with Gasteiger partial charge < -0.3 is 9.47 Å². The predicted molar refractivity (Wildman–Crippen MR) is 60.0 cm³/mol. The lowest BCUT2D eigenvalue weighted by molar-refractivity contribution is -0.117. The minimum atomic E-state index is -0.299. The summed E-state index contributed by atoms with van der Waals surface area (Å²) in [5, 5.41) is 0. The van der Waals surface area contributed by atoms with E-state index in [0.29, 0.717) is 11.8 Å². The summed E-state index contributed by atoms with van der Waals surface area (Å²) >= 11 is 0. The molecule has 0 aliphatic heterocycles. The highest BCUT2D eigenvalue weighted by Crippen LogP contribution is 2.04. The van der Waals surface area contributed by atoms with Gasteiger partial charge in [0.25, 0.3) is 0 Å². The van der Waals surface area contributed by atoms with Crippen molar-refractivity contribution in [3.8, 4) is 0 Å². The molecule has 0 saturated carbocycles. The van der Waals surface area contributed by atoms with E-state index in [-0.39, 0.29) is 6.29 Å². The van der Waals surface area contributed by atoms with Crippen LogP contribution in [0.5, 0.6) is 0 Å². The normalized spacial score (nSPS) is 12.0. The van der Waals surface area contributed by atoms with Gasteiger partial charge in [-0.3, -0.25) is 0 Å². The Morgan fingerprint density at radius 1 is 0.857 bits per heavy atom. The first-order valence-corrected chi connectivity index (χ1v) is 5.58. The average Bonchev–Trinajstić information content (AvgIpc) is 2.02.